The molecule has 0 bridgehead atoms. The smallest absolute Gasteiger partial charge is 0.231 e. The van der Waals surface area contributed by atoms with E-state index >= 15 is 0 Å². The van der Waals surface area contributed by atoms with Crippen LogP contribution in [0.25, 0.3) is 16.9 Å². The summed E-state index contributed by atoms with van der Waals surface area (Å²) < 4.78 is 1.66. The van der Waals surface area contributed by atoms with E-state index in [9.17, 15) is 4.79 Å². The lowest BCUT2D eigenvalue weighted by atomic mass is 10.1. The molecular formula is C24H19Cl2N3O. The first-order valence-corrected chi connectivity index (χ1v) is 10.2. The van der Waals surface area contributed by atoms with Gasteiger partial charge in [0, 0.05) is 28.9 Å². The minimum Gasteiger partial charge on any atom is -0.315 e. The fourth-order valence-corrected chi connectivity index (χ4v) is 3.65. The Labute approximate surface area is 185 Å². The summed E-state index contributed by atoms with van der Waals surface area (Å²) in [5.41, 5.74) is 3.84. The van der Waals surface area contributed by atoms with Crippen LogP contribution < -0.4 is 4.90 Å². The van der Waals surface area contributed by atoms with Crippen LogP contribution in [-0.2, 0) is 11.2 Å². The van der Waals surface area contributed by atoms with E-state index in [-0.39, 0.29) is 12.3 Å². The second kappa shape index (κ2) is 8.74. The molecule has 0 radical (unpaired) electrons. The highest BCUT2D eigenvalue weighted by atomic mass is 35.5. The molecule has 0 saturated carbocycles. The summed E-state index contributed by atoms with van der Waals surface area (Å²) in [5.74, 6) is -0.0778. The number of para-hydroxylation sites is 2. The van der Waals surface area contributed by atoms with Gasteiger partial charge in [-0.2, -0.15) is 5.10 Å². The first-order chi connectivity index (χ1) is 14.5. The van der Waals surface area contributed by atoms with Crippen LogP contribution in [0.15, 0.2) is 84.9 Å². The zero-order valence-electron chi connectivity index (χ0n) is 16.3. The van der Waals surface area contributed by atoms with Gasteiger partial charge in [-0.1, -0.05) is 71.7 Å². The molecule has 0 aliphatic carbocycles. The van der Waals surface area contributed by atoms with Gasteiger partial charge >= 0.3 is 0 Å². The predicted molar refractivity (Wildman–Crippen MR) is 123 cm³/mol. The Bertz CT molecular complexity index is 1160. The van der Waals surface area contributed by atoms with E-state index in [4.69, 9.17) is 28.3 Å². The minimum atomic E-state index is -0.0778. The SMILES string of the molecule is CN(C(=O)Cc1c(-c2ccc(Cl)cc2)nn(-c2ccccc2)c1Cl)c1ccccc1. The maximum atomic E-state index is 13.1. The van der Waals surface area contributed by atoms with E-state index < -0.39 is 0 Å². The summed E-state index contributed by atoms with van der Waals surface area (Å²) in [6.07, 6.45) is 0.120. The van der Waals surface area contributed by atoms with Gasteiger partial charge in [-0.25, -0.2) is 4.68 Å². The average molecular weight is 436 g/mol. The van der Waals surface area contributed by atoms with Crippen molar-refractivity contribution in [3.05, 3.63) is 101 Å². The predicted octanol–water partition coefficient (Wildman–Crippen LogP) is 6.05. The number of hydrogen-bond acceptors (Lipinski definition) is 2. The summed E-state index contributed by atoms with van der Waals surface area (Å²) in [4.78, 5) is 14.7. The number of nitrogens with zero attached hydrogens (tertiary/aromatic N) is 3. The molecule has 0 aliphatic rings. The second-order valence-corrected chi connectivity index (χ2v) is 7.63. The Morgan fingerprint density at radius 3 is 2.13 bits per heavy atom. The molecular weight excluding hydrogens is 417 g/mol. The Kier molecular flexibility index (Phi) is 5.88. The second-order valence-electron chi connectivity index (χ2n) is 6.84. The highest BCUT2D eigenvalue weighted by Crippen LogP contribution is 2.32. The van der Waals surface area contributed by atoms with Crippen molar-refractivity contribution in [1.29, 1.82) is 0 Å². The molecule has 1 heterocycles. The van der Waals surface area contributed by atoms with Gasteiger partial charge in [0.05, 0.1) is 17.8 Å². The normalized spacial score (nSPS) is 10.8. The lowest BCUT2D eigenvalue weighted by molar-refractivity contribution is -0.117. The molecule has 1 amide bonds. The summed E-state index contributed by atoms with van der Waals surface area (Å²) in [5, 5.41) is 5.79. The monoisotopic (exact) mass is 435 g/mol. The number of aromatic nitrogens is 2. The van der Waals surface area contributed by atoms with Crippen LogP contribution in [0.3, 0.4) is 0 Å². The van der Waals surface area contributed by atoms with Gasteiger partial charge in [-0.15, -0.1) is 0 Å². The van der Waals surface area contributed by atoms with Gasteiger partial charge in [0.15, 0.2) is 0 Å². The van der Waals surface area contributed by atoms with Crippen molar-refractivity contribution in [3.8, 4) is 16.9 Å². The number of benzene rings is 3. The zero-order chi connectivity index (χ0) is 21.1. The molecule has 0 atom stereocenters. The van der Waals surface area contributed by atoms with Crippen molar-refractivity contribution >= 4 is 34.8 Å². The molecule has 4 aromatic rings. The van der Waals surface area contributed by atoms with Crippen molar-refractivity contribution in [1.82, 2.24) is 9.78 Å². The summed E-state index contributed by atoms with van der Waals surface area (Å²) >= 11 is 12.8. The maximum absolute atomic E-state index is 13.1. The van der Waals surface area contributed by atoms with Gasteiger partial charge < -0.3 is 4.90 Å². The van der Waals surface area contributed by atoms with Crippen molar-refractivity contribution in [2.75, 3.05) is 11.9 Å². The van der Waals surface area contributed by atoms with E-state index in [1.54, 1.807) is 28.8 Å². The van der Waals surface area contributed by atoms with Crippen molar-refractivity contribution < 1.29 is 4.79 Å². The van der Waals surface area contributed by atoms with Crippen LogP contribution in [-0.4, -0.2) is 22.7 Å². The van der Waals surface area contributed by atoms with Crippen molar-refractivity contribution in [2.24, 2.45) is 0 Å². The van der Waals surface area contributed by atoms with Gasteiger partial charge in [0.1, 0.15) is 5.15 Å². The van der Waals surface area contributed by atoms with Gasteiger partial charge in [0.25, 0.3) is 0 Å². The van der Waals surface area contributed by atoms with E-state index in [1.165, 1.54) is 0 Å². The largest absolute Gasteiger partial charge is 0.315 e. The van der Waals surface area contributed by atoms with Crippen LogP contribution in [0.4, 0.5) is 5.69 Å². The van der Waals surface area contributed by atoms with Crippen molar-refractivity contribution in [3.63, 3.8) is 0 Å². The van der Waals surface area contributed by atoms with Gasteiger partial charge in [0.2, 0.25) is 5.91 Å². The molecule has 0 unspecified atom stereocenters. The Morgan fingerprint density at radius 1 is 0.900 bits per heavy atom. The minimum absolute atomic E-state index is 0.0778. The maximum Gasteiger partial charge on any atom is 0.231 e. The first kappa shape index (κ1) is 20.2. The quantitative estimate of drug-likeness (QED) is 0.382. The average Bonchev–Trinajstić information content (AvgIpc) is 3.11. The van der Waals surface area contributed by atoms with Gasteiger partial charge in [-0.05, 0) is 36.4 Å². The van der Waals surface area contributed by atoms with E-state index in [2.05, 4.69) is 0 Å². The lowest BCUT2D eigenvalue weighted by Gasteiger charge is -2.17. The fraction of sp³-hybridized carbons (Fsp3) is 0.0833. The molecule has 0 aliphatic heterocycles. The van der Waals surface area contributed by atoms with Crippen LogP contribution >= 0.6 is 23.2 Å². The van der Waals surface area contributed by atoms with Crippen molar-refractivity contribution in [2.45, 2.75) is 6.42 Å². The molecule has 3 aromatic carbocycles. The number of rotatable bonds is 5. The van der Waals surface area contributed by atoms with Crippen LogP contribution in [0, 0.1) is 0 Å². The topological polar surface area (TPSA) is 38.1 Å². The summed E-state index contributed by atoms with van der Waals surface area (Å²) in [6.45, 7) is 0. The lowest BCUT2D eigenvalue weighted by Crippen LogP contribution is -2.27. The molecule has 0 fully saturated rings. The Hall–Kier alpha value is -3.08. The molecule has 0 saturated heterocycles. The number of carbonyl (C=O) groups excluding carboxylic acids is 1. The summed E-state index contributed by atoms with van der Waals surface area (Å²) in [6, 6.07) is 26.5. The highest BCUT2D eigenvalue weighted by Gasteiger charge is 2.23. The number of carbonyl (C=O) groups is 1. The third kappa shape index (κ3) is 4.11. The number of anilines is 1. The third-order valence-corrected chi connectivity index (χ3v) is 5.53. The number of amides is 1. The molecule has 1 aromatic heterocycles. The van der Waals surface area contributed by atoms with Gasteiger partial charge in [-0.3, -0.25) is 4.79 Å². The Balaban J connectivity index is 1.76. The van der Waals surface area contributed by atoms with Crippen LogP contribution in [0.5, 0.6) is 0 Å². The third-order valence-electron chi connectivity index (χ3n) is 4.88. The number of halogens is 2. The Morgan fingerprint density at radius 2 is 1.50 bits per heavy atom. The molecule has 30 heavy (non-hydrogen) atoms. The molecule has 4 rings (SSSR count). The molecule has 4 nitrogen and oxygen atoms in total. The molecule has 0 spiro atoms. The van der Waals surface area contributed by atoms with Crippen LogP contribution in [0.1, 0.15) is 5.56 Å². The standard InChI is InChI=1S/C24H19Cl2N3O/c1-28(19-8-4-2-5-9-19)22(30)16-21-23(17-12-14-18(25)15-13-17)27-29(24(21)26)20-10-6-3-7-11-20/h2-15H,16H2,1H3. The first-order valence-electron chi connectivity index (χ1n) is 9.45. The zero-order valence-corrected chi connectivity index (χ0v) is 17.8. The number of likely N-dealkylation sites (N-methyl/N-ethyl adjacent to an activating group) is 1. The van der Waals surface area contributed by atoms with Crippen LogP contribution in [0.2, 0.25) is 10.2 Å². The fourth-order valence-electron chi connectivity index (χ4n) is 3.23. The number of hydrogen-bond donors (Lipinski definition) is 0. The molecule has 150 valence electrons. The summed E-state index contributed by atoms with van der Waals surface area (Å²) in [7, 11) is 1.76. The highest BCUT2D eigenvalue weighted by molar-refractivity contribution is 6.31. The van der Waals surface area contributed by atoms with E-state index in [1.807, 2.05) is 72.8 Å². The van der Waals surface area contributed by atoms with E-state index in [0.29, 0.717) is 21.4 Å². The molecule has 0 N–H and O–H groups in total. The molecule has 6 heteroatoms. The van der Waals surface area contributed by atoms with E-state index in [0.717, 1.165) is 16.9 Å².